The first-order chi connectivity index (χ1) is 5.84. The first-order valence-corrected chi connectivity index (χ1v) is 4.39. The number of rotatable bonds is 5. The van der Waals surface area contributed by atoms with Crippen LogP contribution in [0.2, 0.25) is 0 Å². The first-order valence-electron chi connectivity index (χ1n) is 4.39. The summed E-state index contributed by atoms with van der Waals surface area (Å²) in [7, 11) is 1.63. The molecule has 4 heteroatoms. The lowest BCUT2D eigenvalue weighted by Gasteiger charge is -2.15. The molecular formula is C8H17NO3. The molecule has 0 spiro atoms. The number of hydrogen-bond acceptors (Lipinski definition) is 4. The van der Waals surface area contributed by atoms with Gasteiger partial charge in [0, 0.05) is 7.11 Å². The van der Waals surface area contributed by atoms with Crippen molar-refractivity contribution < 1.29 is 14.7 Å². The van der Waals surface area contributed by atoms with E-state index in [4.69, 9.17) is 9.57 Å². The van der Waals surface area contributed by atoms with Gasteiger partial charge in [-0.05, 0) is 19.3 Å². The predicted octanol–water partition coefficient (Wildman–Crippen LogP) is 0.0674. The Morgan fingerprint density at radius 3 is 2.83 bits per heavy atom. The summed E-state index contributed by atoms with van der Waals surface area (Å²) in [5.41, 5.74) is 2.84. The van der Waals surface area contributed by atoms with E-state index in [-0.39, 0.29) is 12.1 Å². The molecule has 4 nitrogen and oxygen atoms in total. The SMILES string of the molecule is COCCON[C@H]1CCC[C@@H]1O. The third-order valence-electron chi connectivity index (χ3n) is 2.10. The number of ether oxygens (including phenoxy) is 1. The number of methoxy groups -OCH3 is 1. The molecule has 0 radical (unpaired) electrons. The summed E-state index contributed by atoms with van der Waals surface area (Å²) in [5, 5.41) is 9.37. The van der Waals surface area contributed by atoms with Gasteiger partial charge in [0.15, 0.2) is 0 Å². The molecule has 1 rings (SSSR count). The molecule has 0 saturated heterocycles. The van der Waals surface area contributed by atoms with Crippen molar-refractivity contribution in [2.24, 2.45) is 0 Å². The predicted molar refractivity (Wildman–Crippen MR) is 44.6 cm³/mol. The van der Waals surface area contributed by atoms with E-state index in [1.54, 1.807) is 7.11 Å². The molecule has 0 aromatic carbocycles. The zero-order valence-electron chi connectivity index (χ0n) is 7.45. The second-order valence-corrected chi connectivity index (χ2v) is 3.06. The van der Waals surface area contributed by atoms with Gasteiger partial charge in [-0.1, -0.05) is 0 Å². The van der Waals surface area contributed by atoms with Gasteiger partial charge in [0.25, 0.3) is 0 Å². The number of nitrogens with one attached hydrogen (secondary N) is 1. The third kappa shape index (κ3) is 3.06. The number of hydroxylamine groups is 1. The van der Waals surface area contributed by atoms with Crippen LogP contribution in [-0.4, -0.2) is 37.6 Å². The van der Waals surface area contributed by atoms with Crippen molar-refractivity contribution in [1.29, 1.82) is 0 Å². The molecule has 0 aromatic rings. The van der Waals surface area contributed by atoms with Crippen LogP contribution in [0.5, 0.6) is 0 Å². The van der Waals surface area contributed by atoms with Gasteiger partial charge in [0.05, 0.1) is 25.4 Å². The average molecular weight is 175 g/mol. The molecule has 0 aromatic heterocycles. The van der Waals surface area contributed by atoms with Crippen molar-refractivity contribution in [2.45, 2.75) is 31.4 Å². The topological polar surface area (TPSA) is 50.7 Å². The van der Waals surface area contributed by atoms with Crippen LogP contribution in [0.4, 0.5) is 0 Å². The van der Waals surface area contributed by atoms with Crippen LogP contribution < -0.4 is 5.48 Å². The van der Waals surface area contributed by atoms with Crippen LogP contribution >= 0.6 is 0 Å². The lowest BCUT2D eigenvalue weighted by Crippen LogP contribution is -2.36. The number of aliphatic hydroxyl groups is 1. The highest BCUT2D eigenvalue weighted by atomic mass is 16.7. The summed E-state index contributed by atoms with van der Waals surface area (Å²) < 4.78 is 4.81. The van der Waals surface area contributed by atoms with E-state index in [9.17, 15) is 5.11 Å². The highest BCUT2D eigenvalue weighted by Gasteiger charge is 2.24. The first kappa shape index (κ1) is 9.92. The standard InChI is InChI=1S/C8H17NO3/c1-11-5-6-12-9-7-3-2-4-8(7)10/h7-10H,2-6H2,1H3/t7-,8-/m0/s1. The van der Waals surface area contributed by atoms with Crippen molar-refractivity contribution in [3.8, 4) is 0 Å². The molecule has 0 heterocycles. The Labute approximate surface area is 72.8 Å². The molecule has 0 amide bonds. The zero-order chi connectivity index (χ0) is 8.81. The highest BCUT2D eigenvalue weighted by Crippen LogP contribution is 2.18. The minimum absolute atomic E-state index is 0.113. The monoisotopic (exact) mass is 175 g/mol. The summed E-state index contributed by atoms with van der Waals surface area (Å²) in [5.74, 6) is 0. The maximum Gasteiger partial charge on any atom is 0.0916 e. The summed E-state index contributed by atoms with van der Waals surface area (Å²) in [6, 6.07) is 0.113. The fourth-order valence-corrected chi connectivity index (χ4v) is 1.37. The molecule has 2 atom stereocenters. The van der Waals surface area contributed by atoms with Crippen molar-refractivity contribution in [2.75, 3.05) is 20.3 Å². The Kier molecular flexibility index (Phi) is 4.53. The molecule has 0 aliphatic heterocycles. The molecule has 0 bridgehead atoms. The maximum absolute atomic E-state index is 9.37. The van der Waals surface area contributed by atoms with Crippen LogP contribution in [0.1, 0.15) is 19.3 Å². The molecule has 12 heavy (non-hydrogen) atoms. The maximum atomic E-state index is 9.37. The van der Waals surface area contributed by atoms with Gasteiger partial charge in [0.2, 0.25) is 0 Å². The van der Waals surface area contributed by atoms with Gasteiger partial charge in [-0.25, -0.2) is 0 Å². The van der Waals surface area contributed by atoms with Crippen LogP contribution in [0.3, 0.4) is 0 Å². The minimum atomic E-state index is -0.243. The quantitative estimate of drug-likeness (QED) is 0.458. The van der Waals surface area contributed by atoms with E-state index in [1.165, 1.54) is 0 Å². The molecule has 1 fully saturated rings. The van der Waals surface area contributed by atoms with Crippen molar-refractivity contribution in [3.63, 3.8) is 0 Å². The fraction of sp³-hybridized carbons (Fsp3) is 1.00. The lowest BCUT2D eigenvalue weighted by atomic mass is 10.2. The Morgan fingerprint density at radius 1 is 1.42 bits per heavy atom. The minimum Gasteiger partial charge on any atom is -0.391 e. The highest BCUT2D eigenvalue weighted by molar-refractivity contribution is 4.79. The third-order valence-corrected chi connectivity index (χ3v) is 2.10. The van der Waals surface area contributed by atoms with Crippen molar-refractivity contribution in [3.05, 3.63) is 0 Å². The van der Waals surface area contributed by atoms with Crippen molar-refractivity contribution >= 4 is 0 Å². The Morgan fingerprint density at radius 2 is 2.25 bits per heavy atom. The van der Waals surface area contributed by atoms with Gasteiger partial charge >= 0.3 is 0 Å². The summed E-state index contributed by atoms with van der Waals surface area (Å²) in [4.78, 5) is 5.09. The van der Waals surface area contributed by atoms with Gasteiger partial charge in [0.1, 0.15) is 0 Å². The molecule has 1 aliphatic carbocycles. The Bertz CT molecular complexity index is 121. The normalized spacial score (nSPS) is 29.5. The zero-order valence-corrected chi connectivity index (χ0v) is 7.45. The summed E-state index contributed by atoms with van der Waals surface area (Å²) in [6.07, 6.45) is 2.71. The van der Waals surface area contributed by atoms with Crippen LogP contribution in [0.25, 0.3) is 0 Å². The molecule has 72 valence electrons. The van der Waals surface area contributed by atoms with Gasteiger partial charge in [-0.2, -0.15) is 5.48 Å². The van der Waals surface area contributed by atoms with Gasteiger partial charge < -0.3 is 9.84 Å². The van der Waals surface area contributed by atoms with E-state index in [0.717, 1.165) is 19.3 Å². The molecular weight excluding hydrogens is 158 g/mol. The van der Waals surface area contributed by atoms with E-state index in [2.05, 4.69) is 5.48 Å². The van der Waals surface area contributed by atoms with Gasteiger partial charge in [-0.15, -0.1) is 0 Å². The summed E-state index contributed by atoms with van der Waals surface area (Å²) in [6.45, 7) is 1.11. The Hall–Kier alpha value is -0.160. The second-order valence-electron chi connectivity index (χ2n) is 3.06. The molecule has 1 aliphatic rings. The van der Waals surface area contributed by atoms with E-state index < -0.39 is 0 Å². The largest absolute Gasteiger partial charge is 0.391 e. The van der Waals surface area contributed by atoms with Crippen molar-refractivity contribution in [1.82, 2.24) is 5.48 Å². The van der Waals surface area contributed by atoms with Crippen LogP contribution in [0, 0.1) is 0 Å². The van der Waals surface area contributed by atoms with E-state index in [1.807, 2.05) is 0 Å². The van der Waals surface area contributed by atoms with E-state index in [0.29, 0.717) is 13.2 Å². The van der Waals surface area contributed by atoms with Crippen LogP contribution in [0.15, 0.2) is 0 Å². The van der Waals surface area contributed by atoms with Gasteiger partial charge in [-0.3, -0.25) is 4.84 Å². The molecule has 0 unspecified atom stereocenters. The van der Waals surface area contributed by atoms with E-state index >= 15 is 0 Å². The number of aliphatic hydroxyl groups excluding tert-OH is 1. The number of hydrogen-bond donors (Lipinski definition) is 2. The average Bonchev–Trinajstić information content (AvgIpc) is 2.46. The van der Waals surface area contributed by atoms with Crippen LogP contribution in [-0.2, 0) is 9.57 Å². The smallest absolute Gasteiger partial charge is 0.0916 e. The lowest BCUT2D eigenvalue weighted by molar-refractivity contribution is -0.0323. The summed E-state index contributed by atoms with van der Waals surface area (Å²) >= 11 is 0. The molecule has 1 saturated carbocycles. The molecule has 2 N–H and O–H groups in total. The fourth-order valence-electron chi connectivity index (χ4n) is 1.37. The second kappa shape index (κ2) is 5.48. The Balaban J connectivity index is 1.98.